The van der Waals surface area contributed by atoms with Crippen molar-refractivity contribution < 1.29 is 17.6 Å². The second-order valence-electron chi connectivity index (χ2n) is 6.38. The standard InChI is InChI=1S/C20H16N2O4S2/c1-12-3-6-14(7-4-12)28(24,25)18-10-9-16(26-18)19(23)22-20-21-15-8-5-13(2)11-17(15)27-20/h3-11H,1-2H3,(H,21,22,23). The molecule has 0 aliphatic heterocycles. The molecular formula is C20H16N2O4S2. The van der Waals surface area contributed by atoms with Crippen molar-refractivity contribution in [2.75, 3.05) is 5.32 Å². The van der Waals surface area contributed by atoms with Gasteiger partial charge in [0.1, 0.15) is 0 Å². The molecule has 0 atom stereocenters. The second kappa shape index (κ2) is 6.88. The van der Waals surface area contributed by atoms with Crippen molar-refractivity contribution in [1.82, 2.24) is 4.98 Å². The van der Waals surface area contributed by atoms with E-state index in [-0.39, 0.29) is 15.7 Å². The summed E-state index contributed by atoms with van der Waals surface area (Å²) in [6.07, 6.45) is 0. The van der Waals surface area contributed by atoms with E-state index in [0.29, 0.717) is 5.13 Å². The van der Waals surface area contributed by atoms with Crippen molar-refractivity contribution in [2.24, 2.45) is 0 Å². The molecule has 28 heavy (non-hydrogen) atoms. The third-order valence-corrected chi connectivity index (χ3v) is 6.74. The van der Waals surface area contributed by atoms with E-state index in [4.69, 9.17) is 4.42 Å². The van der Waals surface area contributed by atoms with Gasteiger partial charge in [-0.05, 0) is 55.8 Å². The third kappa shape index (κ3) is 3.44. The summed E-state index contributed by atoms with van der Waals surface area (Å²) in [5, 5.41) is 2.80. The maximum absolute atomic E-state index is 12.7. The number of carbonyl (C=O) groups is 1. The van der Waals surface area contributed by atoms with Crippen LogP contribution < -0.4 is 5.32 Å². The number of fused-ring (bicyclic) bond motifs is 1. The summed E-state index contributed by atoms with van der Waals surface area (Å²) in [6, 6.07) is 14.9. The molecule has 0 spiro atoms. The first-order valence-corrected chi connectivity index (χ1v) is 10.7. The summed E-state index contributed by atoms with van der Waals surface area (Å²) in [5.74, 6) is -0.651. The Labute approximate surface area is 165 Å². The quantitative estimate of drug-likeness (QED) is 0.529. The number of nitrogens with one attached hydrogen (secondary N) is 1. The number of thiazole rings is 1. The van der Waals surface area contributed by atoms with Gasteiger partial charge in [-0.1, -0.05) is 35.1 Å². The second-order valence-corrected chi connectivity index (χ2v) is 9.29. The van der Waals surface area contributed by atoms with E-state index in [9.17, 15) is 13.2 Å². The number of aryl methyl sites for hydroxylation is 2. The van der Waals surface area contributed by atoms with Gasteiger partial charge in [0.2, 0.25) is 14.9 Å². The number of anilines is 1. The van der Waals surface area contributed by atoms with E-state index in [1.54, 1.807) is 12.1 Å². The van der Waals surface area contributed by atoms with Crippen LogP contribution in [0.15, 0.2) is 69.0 Å². The van der Waals surface area contributed by atoms with Crippen molar-refractivity contribution in [1.29, 1.82) is 0 Å². The molecule has 1 amide bonds. The summed E-state index contributed by atoms with van der Waals surface area (Å²) < 4.78 is 31.6. The van der Waals surface area contributed by atoms with Crippen molar-refractivity contribution >= 4 is 42.4 Å². The van der Waals surface area contributed by atoms with Gasteiger partial charge in [0, 0.05) is 0 Å². The van der Waals surface area contributed by atoms with Crippen LogP contribution in [0.5, 0.6) is 0 Å². The molecule has 4 rings (SSSR count). The third-order valence-electron chi connectivity index (χ3n) is 4.17. The number of sulfone groups is 1. The highest BCUT2D eigenvalue weighted by atomic mass is 32.2. The number of rotatable bonds is 4. The molecule has 0 aliphatic carbocycles. The van der Waals surface area contributed by atoms with Gasteiger partial charge in [-0.15, -0.1) is 0 Å². The first-order valence-electron chi connectivity index (χ1n) is 8.43. The number of hydrogen-bond donors (Lipinski definition) is 1. The molecule has 0 fully saturated rings. The van der Waals surface area contributed by atoms with Gasteiger partial charge in [-0.2, -0.15) is 0 Å². The van der Waals surface area contributed by atoms with E-state index in [2.05, 4.69) is 10.3 Å². The van der Waals surface area contributed by atoms with Crippen LogP contribution in [0.2, 0.25) is 0 Å². The topological polar surface area (TPSA) is 89.3 Å². The number of carbonyl (C=O) groups excluding carboxylic acids is 1. The average molecular weight is 412 g/mol. The molecule has 8 heteroatoms. The molecular weight excluding hydrogens is 396 g/mol. The van der Waals surface area contributed by atoms with Gasteiger partial charge < -0.3 is 4.42 Å². The first-order chi connectivity index (χ1) is 13.3. The number of furan rings is 1. The van der Waals surface area contributed by atoms with E-state index in [1.807, 2.05) is 32.0 Å². The minimum absolute atomic E-state index is 0.0962. The van der Waals surface area contributed by atoms with Gasteiger partial charge >= 0.3 is 0 Å². The normalized spacial score (nSPS) is 11.6. The molecule has 2 aromatic heterocycles. The van der Waals surface area contributed by atoms with Crippen LogP contribution in [0, 0.1) is 13.8 Å². The molecule has 6 nitrogen and oxygen atoms in total. The lowest BCUT2D eigenvalue weighted by atomic mass is 10.2. The Bertz CT molecular complexity index is 1290. The van der Waals surface area contributed by atoms with Crippen molar-refractivity contribution in [3.63, 3.8) is 0 Å². The highest BCUT2D eigenvalue weighted by Gasteiger charge is 2.24. The zero-order valence-electron chi connectivity index (χ0n) is 15.1. The van der Waals surface area contributed by atoms with E-state index in [0.717, 1.165) is 21.3 Å². The molecule has 2 heterocycles. The van der Waals surface area contributed by atoms with Crippen LogP contribution in [0.25, 0.3) is 10.2 Å². The van der Waals surface area contributed by atoms with Crippen LogP contribution in [0.4, 0.5) is 5.13 Å². The number of aromatic nitrogens is 1. The number of hydrogen-bond acceptors (Lipinski definition) is 6. The fourth-order valence-corrected chi connectivity index (χ4v) is 4.80. The lowest BCUT2D eigenvalue weighted by Gasteiger charge is -2.02. The molecule has 0 saturated heterocycles. The van der Waals surface area contributed by atoms with Crippen LogP contribution in [0.1, 0.15) is 21.7 Å². The largest absolute Gasteiger partial charge is 0.439 e. The minimum Gasteiger partial charge on any atom is -0.439 e. The zero-order chi connectivity index (χ0) is 19.9. The van der Waals surface area contributed by atoms with Gasteiger partial charge in [0.15, 0.2) is 10.9 Å². The predicted octanol–water partition coefficient (Wildman–Crippen LogP) is 4.59. The Kier molecular flexibility index (Phi) is 4.52. The highest BCUT2D eigenvalue weighted by molar-refractivity contribution is 7.91. The van der Waals surface area contributed by atoms with Gasteiger partial charge in [0.25, 0.3) is 5.91 Å². The highest BCUT2D eigenvalue weighted by Crippen LogP contribution is 2.28. The van der Waals surface area contributed by atoms with E-state index >= 15 is 0 Å². The molecule has 0 aliphatic rings. The zero-order valence-corrected chi connectivity index (χ0v) is 16.7. The van der Waals surface area contributed by atoms with Crippen molar-refractivity contribution in [2.45, 2.75) is 23.8 Å². The fourth-order valence-electron chi connectivity index (χ4n) is 2.66. The van der Waals surface area contributed by atoms with Crippen LogP contribution in [-0.4, -0.2) is 19.3 Å². The van der Waals surface area contributed by atoms with E-state index < -0.39 is 15.7 Å². The smallest absolute Gasteiger partial charge is 0.293 e. The number of nitrogens with zero attached hydrogens (tertiary/aromatic N) is 1. The van der Waals surface area contributed by atoms with Crippen LogP contribution >= 0.6 is 11.3 Å². The molecule has 0 bridgehead atoms. The minimum atomic E-state index is -3.83. The Morgan fingerprint density at radius 3 is 2.46 bits per heavy atom. The first kappa shape index (κ1) is 18.4. The lowest BCUT2D eigenvalue weighted by Crippen LogP contribution is -2.10. The molecule has 1 N–H and O–H groups in total. The number of amides is 1. The summed E-state index contributed by atoms with van der Waals surface area (Å²) in [4.78, 5) is 16.9. The Balaban J connectivity index is 1.57. The maximum atomic E-state index is 12.7. The summed E-state index contributed by atoms with van der Waals surface area (Å²) in [5.41, 5.74) is 2.84. The van der Waals surface area contributed by atoms with Crippen LogP contribution in [0.3, 0.4) is 0 Å². The van der Waals surface area contributed by atoms with E-state index in [1.165, 1.54) is 35.6 Å². The molecule has 0 saturated carbocycles. The number of benzene rings is 2. The average Bonchev–Trinajstić information content (AvgIpc) is 3.28. The van der Waals surface area contributed by atoms with Gasteiger partial charge in [0.05, 0.1) is 15.1 Å². The Hall–Kier alpha value is -2.97. The van der Waals surface area contributed by atoms with Gasteiger partial charge in [-0.3, -0.25) is 10.1 Å². The molecule has 2 aromatic carbocycles. The Morgan fingerprint density at radius 1 is 1.00 bits per heavy atom. The predicted molar refractivity (Wildman–Crippen MR) is 108 cm³/mol. The summed E-state index contributed by atoms with van der Waals surface area (Å²) in [7, 11) is -3.83. The maximum Gasteiger partial charge on any atom is 0.293 e. The van der Waals surface area contributed by atoms with Gasteiger partial charge in [-0.25, -0.2) is 13.4 Å². The molecule has 0 radical (unpaired) electrons. The monoisotopic (exact) mass is 412 g/mol. The SMILES string of the molecule is Cc1ccc(S(=O)(=O)c2ccc(C(=O)Nc3nc4ccc(C)cc4s3)o2)cc1. The summed E-state index contributed by atoms with van der Waals surface area (Å²) >= 11 is 1.34. The summed E-state index contributed by atoms with van der Waals surface area (Å²) in [6.45, 7) is 3.85. The molecule has 4 aromatic rings. The molecule has 0 unspecified atom stereocenters. The Morgan fingerprint density at radius 2 is 1.71 bits per heavy atom. The van der Waals surface area contributed by atoms with Crippen LogP contribution in [-0.2, 0) is 9.84 Å². The van der Waals surface area contributed by atoms with Crippen molar-refractivity contribution in [3.05, 3.63) is 71.5 Å². The molecule has 142 valence electrons. The fraction of sp³-hybridized carbons (Fsp3) is 0.100. The lowest BCUT2D eigenvalue weighted by molar-refractivity contribution is 0.0991. The van der Waals surface area contributed by atoms with Crippen molar-refractivity contribution in [3.8, 4) is 0 Å².